The maximum absolute atomic E-state index is 13.6. The van der Waals surface area contributed by atoms with Gasteiger partial charge in [-0.1, -0.05) is 127 Å². The molecule has 4 heteroatoms. The molecule has 0 aliphatic carbocycles. The average Bonchev–Trinajstić information content (AvgIpc) is 2.99. The molecule has 0 radical (unpaired) electrons. The zero-order valence-corrected chi connectivity index (χ0v) is 25.2. The number of para-hydroxylation sites is 1. The van der Waals surface area contributed by atoms with E-state index in [0.717, 1.165) is 55.1 Å². The maximum atomic E-state index is 13.6. The monoisotopic (exact) mass is 544 g/mol. The SMILES string of the molecule is CCCCCCCCCCCCCCOc1ccc(CN(C(=O)C2=CN(CCC)CC=C2)c2ccccc2)cc1. The smallest absolute Gasteiger partial charge is 0.260 e. The minimum atomic E-state index is 0.0237. The minimum Gasteiger partial charge on any atom is -0.494 e. The molecule has 0 fully saturated rings. The molecule has 0 saturated carbocycles. The van der Waals surface area contributed by atoms with Gasteiger partial charge in [0.1, 0.15) is 5.75 Å². The zero-order valence-electron chi connectivity index (χ0n) is 25.2. The second-order valence-electron chi connectivity index (χ2n) is 11.1. The van der Waals surface area contributed by atoms with Crippen molar-refractivity contribution >= 4 is 11.6 Å². The molecule has 0 saturated heterocycles. The van der Waals surface area contributed by atoms with Crippen LogP contribution in [0.3, 0.4) is 0 Å². The Balaban J connectivity index is 1.41. The fourth-order valence-corrected chi connectivity index (χ4v) is 5.23. The molecular formula is C36H52N2O2. The first kappa shape index (κ1) is 31.5. The lowest BCUT2D eigenvalue weighted by molar-refractivity contribution is -0.115. The van der Waals surface area contributed by atoms with Crippen molar-refractivity contribution in [1.82, 2.24) is 4.90 Å². The number of benzene rings is 2. The van der Waals surface area contributed by atoms with Gasteiger partial charge in [-0.25, -0.2) is 0 Å². The molecule has 1 aliphatic rings. The van der Waals surface area contributed by atoms with Gasteiger partial charge >= 0.3 is 0 Å². The summed E-state index contributed by atoms with van der Waals surface area (Å²) in [6.45, 7) is 7.53. The second kappa shape index (κ2) is 19.1. The summed E-state index contributed by atoms with van der Waals surface area (Å²) in [7, 11) is 0. The van der Waals surface area contributed by atoms with Crippen molar-refractivity contribution in [1.29, 1.82) is 0 Å². The molecule has 0 spiro atoms. The minimum absolute atomic E-state index is 0.0237. The van der Waals surface area contributed by atoms with E-state index in [-0.39, 0.29) is 5.91 Å². The van der Waals surface area contributed by atoms with Crippen LogP contribution in [0.15, 0.2) is 78.5 Å². The Morgan fingerprint density at radius 2 is 1.40 bits per heavy atom. The van der Waals surface area contributed by atoms with Crippen molar-refractivity contribution in [2.24, 2.45) is 0 Å². The van der Waals surface area contributed by atoms with Crippen LogP contribution in [0.2, 0.25) is 0 Å². The zero-order chi connectivity index (χ0) is 28.3. The van der Waals surface area contributed by atoms with E-state index in [2.05, 4.69) is 37.0 Å². The van der Waals surface area contributed by atoms with Gasteiger partial charge in [0, 0.05) is 25.0 Å². The molecule has 40 heavy (non-hydrogen) atoms. The first-order chi connectivity index (χ1) is 19.7. The number of unbranched alkanes of at least 4 members (excludes halogenated alkanes) is 11. The summed E-state index contributed by atoms with van der Waals surface area (Å²) >= 11 is 0. The Morgan fingerprint density at radius 1 is 0.775 bits per heavy atom. The Bertz CT molecular complexity index is 1010. The molecule has 2 aromatic rings. The van der Waals surface area contributed by atoms with Crippen LogP contribution >= 0.6 is 0 Å². The Labute approximate surface area is 244 Å². The first-order valence-corrected chi connectivity index (χ1v) is 15.9. The number of hydrogen-bond donors (Lipinski definition) is 0. The average molecular weight is 545 g/mol. The van der Waals surface area contributed by atoms with Crippen molar-refractivity contribution in [3.8, 4) is 5.75 Å². The van der Waals surface area contributed by atoms with E-state index in [4.69, 9.17) is 4.74 Å². The molecule has 1 heterocycles. The molecule has 1 aliphatic heterocycles. The van der Waals surface area contributed by atoms with Crippen molar-refractivity contribution in [2.75, 3.05) is 24.6 Å². The molecule has 218 valence electrons. The summed E-state index contributed by atoms with van der Waals surface area (Å²) in [6, 6.07) is 18.2. The van der Waals surface area contributed by atoms with Gasteiger partial charge in [0.15, 0.2) is 0 Å². The van der Waals surface area contributed by atoms with Crippen LogP contribution in [-0.2, 0) is 11.3 Å². The Morgan fingerprint density at radius 3 is 2.02 bits per heavy atom. The van der Waals surface area contributed by atoms with Crippen LogP contribution in [0, 0.1) is 0 Å². The Hall–Kier alpha value is -3.01. The van der Waals surface area contributed by atoms with Gasteiger partial charge in [0.2, 0.25) is 0 Å². The number of ether oxygens (including phenoxy) is 1. The number of carbonyl (C=O) groups excluding carboxylic acids is 1. The quantitative estimate of drug-likeness (QED) is 0.156. The van der Waals surface area contributed by atoms with E-state index in [1.807, 2.05) is 59.6 Å². The topological polar surface area (TPSA) is 32.8 Å². The van der Waals surface area contributed by atoms with E-state index in [0.29, 0.717) is 6.54 Å². The normalized spacial score (nSPS) is 12.8. The van der Waals surface area contributed by atoms with Crippen molar-refractivity contribution in [3.05, 3.63) is 84.1 Å². The molecule has 0 aromatic heterocycles. The first-order valence-electron chi connectivity index (χ1n) is 15.9. The third kappa shape index (κ3) is 11.6. The third-order valence-corrected chi connectivity index (χ3v) is 7.56. The molecule has 1 amide bonds. The molecule has 0 bridgehead atoms. The maximum Gasteiger partial charge on any atom is 0.260 e. The van der Waals surface area contributed by atoms with E-state index in [1.165, 1.54) is 70.6 Å². The highest BCUT2D eigenvalue weighted by Crippen LogP contribution is 2.23. The van der Waals surface area contributed by atoms with Gasteiger partial charge < -0.3 is 14.5 Å². The van der Waals surface area contributed by atoms with Crippen LogP contribution in [0.1, 0.15) is 103 Å². The summed E-state index contributed by atoms with van der Waals surface area (Å²) in [6.07, 6.45) is 23.3. The van der Waals surface area contributed by atoms with Crippen molar-refractivity contribution < 1.29 is 9.53 Å². The van der Waals surface area contributed by atoms with Crippen molar-refractivity contribution in [2.45, 2.75) is 104 Å². The molecule has 0 unspecified atom stereocenters. The van der Waals surface area contributed by atoms with Gasteiger partial charge in [-0.05, 0) is 42.7 Å². The van der Waals surface area contributed by atoms with Crippen LogP contribution in [-0.4, -0.2) is 30.5 Å². The lowest BCUT2D eigenvalue weighted by Gasteiger charge is -2.27. The highest BCUT2D eigenvalue weighted by atomic mass is 16.5. The van der Waals surface area contributed by atoms with Crippen LogP contribution in [0.4, 0.5) is 5.69 Å². The van der Waals surface area contributed by atoms with E-state index < -0.39 is 0 Å². The van der Waals surface area contributed by atoms with E-state index in [1.54, 1.807) is 0 Å². The highest BCUT2D eigenvalue weighted by Gasteiger charge is 2.21. The van der Waals surface area contributed by atoms with Crippen molar-refractivity contribution in [3.63, 3.8) is 0 Å². The third-order valence-electron chi connectivity index (χ3n) is 7.56. The fourth-order valence-electron chi connectivity index (χ4n) is 5.23. The predicted molar refractivity (Wildman–Crippen MR) is 170 cm³/mol. The lowest BCUT2D eigenvalue weighted by atomic mass is 10.1. The summed E-state index contributed by atoms with van der Waals surface area (Å²) in [5.74, 6) is 0.924. The number of carbonyl (C=O) groups is 1. The number of rotatable bonds is 20. The van der Waals surface area contributed by atoms with Crippen LogP contribution in [0.5, 0.6) is 5.75 Å². The van der Waals surface area contributed by atoms with Gasteiger partial charge in [0.25, 0.3) is 5.91 Å². The second-order valence-corrected chi connectivity index (χ2v) is 11.1. The summed E-state index contributed by atoms with van der Waals surface area (Å²) < 4.78 is 6.02. The Kier molecular flexibility index (Phi) is 15.1. The summed E-state index contributed by atoms with van der Waals surface area (Å²) in [5, 5.41) is 0. The molecule has 3 rings (SSSR count). The van der Waals surface area contributed by atoms with Gasteiger partial charge in [-0.2, -0.15) is 0 Å². The summed E-state index contributed by atoms with van der Waals surface area (Å²) in [5.41, 5.74) is 2.72. The highest BCUT2D eigenvalue weighted by molar-refractivity contribution is 6.07. The van der Waals surface area contributed by atoms with Gasteiger partial charge in [-0.15, -0.1) is 0 Å². The van der Waals surface area contributed by atoms with Crippen LogP contribution < -0.4 is 9.64 Å². The lowest BCUT2D eigenvalue weighted by Crippen LogP contribution is -2.33. The number of amides is 1. The van der Waals surface area contributed by atoms with Crippen LogP contribution in [0.25, 0.3) is 0 Å². The molecular weight excluding hydrogens is 492 g/mol. The molecule has 4 nitrogen and oxygen atoms in total. The van der Waals surface area contributed by atoms with E-state index in [9.17, 15) is 4.79 Å². The standard InChI is InChI=1S/C36H52N2O2/c1-3-5-6-7-8-9-10-11-12-13-14-18-29-40-35-25-23-32(24-26-35)30-38(34-21-16-15-17-22-34)36(39)33-20-19-28-37(31-33)27-4-2/h15-17,19-26,31H,3-14,18,27-30H2,1-2H3. The molecule has 0 atom stereocenters. The largest absolute Gasteiger partial charge is 0.494 e. The fraction of sp³-hybridized carbons (Fsp3) is 0.528. The predicted octanol–water partition coefficient (Wildman–Crippen LogP) is 9.47. The van der Waals surface area contributed by atoms with Gasteiger partial charge in [0.05, 0.1) is 18.7 Å². The van der Waals surface area contributed by atoms with Gasteiger partial charge in [-0.3, -0.25) is 4.79 Å². The number of hydrogen-bond acceptors (Lipinski definition) is 3. The molecule has 2 aromatic carbocycles. The van der Waals surface area contributed by atoms with E-state index >= 15 is 0 Å². The summed E-state index contributed by atoms with van der Waals surface area (Å²) in [4.78, 5) is 17.7. The molecule has 0 N–H and O–H groups in total. The number of anilines is 1. The number of nitrogens with zero attached hydrogens (tertiary/aromatic N) is 2.